The first-order valence-electron chi connectivity index (χ1n) is 8.54. The van der Waals surface area contributed by atoms with Crippen LogP contribution in [-0.4, -0.2) is 37.8 Å². The van der Waals surface area contributed by atoms with Gasteiger partial charge in [0, 0.05) is 24.0 Å². The molecule has 3 aromatic heterocycles. The molecule has 0 aromatic carbocycles. The van der Waals surface area contributed by atoms with Gasteiger partial charge in [0.1, 0.15) is 4.90 Å². The van der Waals surface area contributed by atoms with Gasteiger partial charge in [0.25, 0.3) is 10.0 Å². The second kappa shape index (κ2) is 7.34. The van der Waals surface area contributed by atoms with Crippen molar-refractivity contribution in [3.05, 3.63) is 41.2 Å². The van der Waals surface area contributed by atoms with E-state index in [1.54, 1.807) is 10.9 Å². The average Bonchev–Trinajstić information content (AvgIpc) is 3.27. The average molecular weight is 413 g/mol. The molecule has 0 radical (unpaired) electrons. The topological polar surface area (TPSA) is 99.6 Å². The van der Waals surface area contributed by atoms with Crippen LogP contribution in [0.4, 0.5) is 14.5 Å². The maximum atomic E-state index is 13.0. The summed E-state index contributed by atoms with van der Waals surface area (Å²) in [7, 11) is -4.09. The lowest BCUT2D eigenvalue weighted by atomic mass is 10.2. The van der Waals surface area contributed by atoms with Crippen LogP contribution in [0, 0.1) is 20.8 Å². The maximum Gasteiger partial charge on any atom is 0.333 e. The van der Waals surface area contributed by atoms with E-state index < -0.39 is 16.6 Å². The molecule has 0 saturated heterocycles. The minimum Gasteiger partial charge on any atom is -0.276 e. The van der Waals surface area contributed by atoms with Gasteiger partial charge in [0.15, 0.2) is 0 Å². The maximum absolute atomic E-state index is 13.0. The van der Waals surface area contributed by atoms with E-state index in [0.717, 1.165) is 17.8 Å². The molecule has 12 heteroatoms. The summed E-state index contributed by atoms with van der Waals surface area (Å²) >= 11 is 0. The van der Waals surface area contributed by atoms with Crippen molar-refractivity contribution in [2.45, 2.75) is 52.2 Å². The van der Waals surface area contributed by atoms with E-state index in [1.165, 1.54) is 26.2 Å². The molecule has 28 heavy (non-hydrogen) atoms. The summed E-state index contributed by atoms with van der Waals surface area (Å²) in [4.78, 5) is -0.263. The van der Waals surface area contributed by atoms with E-state index in [9.17, 15) is 17.2 Å². The standard InChI is InChI=1S/C16H21F2N7O2S/c1-5-24-11(3)13(6-20-24)8-23-9-14(7-19-23)22-28(26,27)15-10(2)21-25(12(15)4)16(17)18/h6-7,9,16,22H,5,8H2,1-4H3. The lowest BCUT2D eigenvalue weighted by molar-refractivity contribution is 0.0538. The molecule has 0 atom stereocenters. The zero-order valence-electron chi connectivity index (χ0n) is 15.9. The Morgan fingerprint density at radius 2 is 1.86 bits per heavy atom. The molecule has 0 aliphatic carbocycles. The number of aromatic nitrogens is 6. The number of anilines is 1. The van der Waals surface area contributed by atoms with Crippen LogP contribution in [0.15, 0.2) is 23.5 Å². The van der Waals surface area contributed by atoms with Crippen molar-refractivity contribution in [1.82, 2.24) is 29.3 Å². The zero-order chi connectivity index (χ0) is 20.6. The Morgan fingerprint density at radius 3 is 2.43 bits per heavy atom. The van der Waals surface area contributed by atoms with Crippen LogP contribution in [0.25, 0.3) is 0 Å². The summed E-state index contributed by atoms with van der Waals surface area (Å²) in [6.45, 7) is 4.86. The van der Waals surface area contributed by atoms with Gasteiger partial charge in [0.05, 0.1) is 36.0 Å². The molecule has 0 spiro atoms. The molecular weight excluding hydrogens is 392 g/mol. The number of hydrogen-bond acceptors (Lipinski definition) is 5. The number of nitrogens with one attached hydrogen (secondary N) is 1. The predicted molar refractivity (Wildman–Crippen MR) is 97.7 cm³/mol. The summed E-state index contributed by atoms with van der Waals surface area (Å²) in [5, 5.41) is 12.0. The third-order valence-electron chi connectivity index (χ3n) is 4.43. The summed E-state index contributed by atoms with van der Waals surface area (Å²) in [5.74, 6) is 0. The third kappa shape index (κ3) is 3.63. The highest BCUT2D eigenvalue weighted by atomic mass is 32.2. The Kier molecular flexibility index (Phi) is 5.24. The molecule has 0 saturated carbocycles. The van der Waals surface area contributed by atoms with Crippen LogP contribution in [0.5, 0.6) is 0 Å². The highest BCUT2D eigenvalue weighted by Gasteiger charge is 2.27. The van der Waals surface area contributed by atoms with Crippen molar-refractivity contribution in [3.63, 3.8) is 0 Å². The van der Waals surface area contributed by atoms with E-state index in [-0.39, 0.29) is 22.0 Å². The number of alkyl halides is 2. The van der Waals surface area contributed by atoms with Gasteiger partial charge in [-0.2, -0.15) is 24.1 Å². The molecular formula is C16H21F2N7O2S. The van der Waals surface area contributed by atoms with Crippen molar-refractivity contribution < 1.29 is 17.2 Å². The lowest BCUT2D eigenvalue weighted by Gasteiger charge is -2.07. The van der Waals surface area contributed by atoms with Crippen molar-refractivity contribution in [2.24, 2.45) is 0 Å². The third-order valence-corrected chi connectivity index (χ3v) is 6.07. The van der Waals surface area contributed by atoms with Gasteiger partial charge >= 0.3 is 6.55 Å². The summed E-state index contributed by atoms with van der Waals surface area (Å²) in [6, 6.07) is 0. The van der Waals surface area contributed by atoms with E-state index in [2.05, 4.69) is 20.0 Å². The van der Waals surface area contributed by atoms with Gasteiger partial charge < -0.3 is 0 Å². The van der Waals surface area contributed by atoms with Crippen molar-refractivity contribution in [3.8, 4) is 0 Å². The van der Waals surface area contributed by atoms with Crippen molar-refractivity contribution in [1.29, 1.82) is 0 Å². The minimum absolute atomic E-state index is 0.000274. The molecule has 3 aromatic rings. The van der Waals surface area contributed by atoms with E-state index in [0.29, 0.717) is 11.2 Å². The number of rotatable bonds is 7. The van der Waals surface area contributed by atoms with Gasteiger partial charge in [-0.15, -0.1) is 0 Å². The second-order valence-corrected chi connectivity index (χ2v) is 7.94. The van der Waals surface area contributed by atoms with Crippen LogP contribution < -0.4 is 4.72 Å². The number of nitrogens with zero attached hydrogens (tertiary/aromatic N) is 6. The van der Waals surface area contributed by atoms with Crippen molar-refractivity contribution in [2.75, 3.05) is 4.72 Å². The minimum atomic E-state index is -4.09. The fourth-order valence-electron chi connectivity index (χ4n) is 3.07. The fraction of sp³-hybridized carbons (Fsp3) is 0.438. The van der Waals surface area contributed by atoms with E-state index in [1.807, 2.05) is 18.5 Å². The molecule has 0 aliphatic rings. The van der Waals surface area contributed by atoms with Gasteiger partial charge in [-0.05, 0) is 27.7 Å². The Balaban J connectivity index is 1.82. The monoisotopic (exact) mass is 413 g/mol. The predicted octanol–water partition coefficient (Wildman–Crippen LogP) is 2.47. The SMILES string of the molecule is CCn1ncc(Cn2cc(NS(=O)(=O)c3c(C)nn(C(F)F)c3C)cn2)c1C. The number of sulfonamides is 1. The first-order valence-corrected chi connectivity index (χ1v) is 10.0. The molecule has 0 aliphatic heterocycles. The molecule has 0 amide bonds. The number of hydrogen-bond donors (Lipinski definition) is 1. The summed E-state index contributed by atoms with van der Waals surface area (Å²) in [6.07, 6.45) is 4.64. The molecule has 3 rings (SSSR count). The van der Waals surface area contributed by atoms with E-state index in [4.69, 9.17) is 0 Å². The van der Waals surface area contributed by atoms with Crippen molar-refractivity contribution >= 4 is 15.7 Å². The second-order valence-electron chi connectivity index (χ2n) is 6.33. The highest BCUT2D eigenvalue weighted by molar-refractivity contribution is 7.92. The molecule has 9 nitrogen and oxygen atoms in total. The normalized spacial score (nSPS) is 12.1. The molecule has 0 bridgehead atoms. The molecule has 0 unspecified atom stereocenters. The number of aryl methyl sites for hydroxylation is 2. The van der Waals surface area contributed by atoms with Crippen LogP contribution in [0.3, 0.4) is 0 Å². The Hall–Kier alpha value is -2.76. The van der Waals surface area contributed by atoms with Crippen LogP contribution in [0.2, 0.25) is 0 Å². The first-order chi connectivity index (χ1) is 13.1. The van der Waals surface area contributed by atoms with Gasteiger partial charge in [-0.25, -0.2) is 13.1 Å². The van der Waals surface area contributed by atoms with Gasteiger partial charge in [-0.3, -0.25) is 14.1 Å². The Bertz CT molecular complexity index is 1100. The fourth-order valence-corrected chi connectivity index (χ4v) is 4.50. The van der Waals surface area contributed by atoms with Gasteiger partial charge in [0.2, 0.25) is 0 Å². The van der Waals surface area contributed by atoms with Crippen LogP contribution in [-0.2, 0) is 23.1 Å². The van der Waals surface area contributed by atoms with Crippen LogP contribution in [0.1, 0.15) is 36.1 Å². The molecule has 152 valence electrons. The molecule has 3 heterocycles. The van der Waals surface area contributed by atoms with E-state index >= 15 is 0 Å². The first kappa shape index (κ1) is 20.0. The summed E-state index contributed by atoms with van der Waals surface area (Å²) in [5.41, 5.74) is 2.06. The quantitative estimate of drug-likeness (QED) is 0.641. The molecule has 1 N–H and O–H groups in total. The Morgan fingerprint density at radius 1 is 1.14 bits per heavy atom. The number of halogens is 2. The Labute approximate surface area is 161 Å². The van der Waals surface area contributed by atoms with Gasteiger partial charge in [-0.1, -0.05) is 0 Å². The summed E-state index contributed by atoms with van der Waals surface area (Å²) < 4.78 is 57.5. The highest BCUT2D eigenvalue weighted by Crippen LogP contribution is 2.25. The largest absolute Gasteiger partial charge is 0.333 e. The smallest absolute Gasteiger partial charge is 0.276 e. The lowest BCUT2D eigenvalue weighted by Crippen LogP contribution is -2.15. The molecule has 0 fully saturated rings. The zero-order valence-corrected chi connectivity index (χ0v) is 16.7. The van der Waals surface area contributed by atoms with Crippen LogP contribution >= 0.6 is 0 Å².